The number of hydrogen-bond acceptors (Lipinski definition) is 4. The molecule has 21 heavy (non-hydrogen) atoms. The van der Waals surface area contributed by atoms with Crippen LogP contribution in [0, 0.1) is 7.11 Å². The number of fused-ring (bicyclic) bond motifs is 1. The first kappa shape index (κ1) is 14.6. The lowest BCUT2D eigenvalue weighted by atomic mass is 10.0. The van der Waals surface area contributed by atoms with Crippen molar-refractivity contribution in [2.24, 2.45) is 0 Å². The standard InChI is InChI=1S/C16H15ClNO2S/c1-20-16(19)15(12-4-2-3-5-13(12)17)18-8-6-14-11(10-18)7-9-21-14/h2-5,7,9,15H,1,6,8,10H2/t15-/m0/s1. The van der Waals surface area contributed by atoms with Crippen LogP contribution < -0.4 is 0 Å². The van der Waals surface area contributed by atoms with Crippen molar-refractivity contribution in [3.05, 3.63) is 63.8 Å². The summed E-state index contributed by atoms with van der Waals surface area (Å²) in [7, 11) is 3.27. The molecule has 0 unspecified atom stereocenters. The molecule has 0 N–H and O–H groups in total. The third-order valence-corrected chi connectivity index (χ3v) is 5.13. The van der Waals surface area contributed by atoms with Crippen LogP contribution in [0.25, 0.3) is 0 Å². The average Bonchev–Trinajstić information content (AvgIpc) is 2.97. The molecule has 0 aliphatic carbocycles. The molecule has 1 radical (unpaired) electrons. The summed E-state index contributed by atoms with van der Waals surface area (Å²) in [6.45, 7) is 1.53. The molecule has 5 heteroatoms. The van der Waals surface area contributed by atoms with Gasteiger partial charge in [0.1, 0.15) is 13.2 Å². The molecule has 1 atom stereocenters. The highest BCUT2D eigenvalue weighted by molar-refractivity contribution is 7.10. The Labute approximate surface area is 133 Å². The Bertz CT molecular complexity index is 655. The number of thiophene rings is 1. The van der Waals surface area contributed by atoms with Crippen LogP contribution in [0.2, 0.25) is 5.02 Å². The molecular formula is C16H15ClNO2S. The zero-order valence-electron chi connectivity index (χ0n) is 11.4. The van der Waals surface area contributed by atoms with Gasteiger partial charge in [-0.3, -0.25) is 4.90 Å². The molecule has 0 fully saturated rings. The fourth-order valence-electron chi connectivity index (χ4n) is 2.74. The Kier molecular flexibility index (Phi) is 4.29. The molecule has 2 heterocycles. The summed E-state index contributed by atoms with van der Waals surface area (Å²) in [5.41, 5.74) is 2.05. The third-order valence-electron chi connectivity index (χ3n) is 3.77. The smallest absolute Gasteiger partial charge is 0.328 e. The highest BCUT2D eigenvalue weighted by atomic mass is 35.5. The van der Waals surface area contributed by atoms with Crippen molar-refractivity contribution in [3.63, 3.8) is 0 Å². The SMILES string of the molecule is [CH2]OC(=O)[C@H](c1ccccc1Cl)N1CCc2sccc2C1. The largest absolute Gasteiger partial charge is 0.461 e. The van der Waals surface area contributed by atoms with E-state index in [1.54, 1.807) is 17.4 Å². The highest BCUT2D eigenvalue weighted by Crippen LogP contribution is 2.33. The second kappa shape index (κ2) is 6.18. The van der Waals surface area contributed by atoms with Crippen molar-refractivity contribution in [2.75, 3.05) is 6.54 Å². The monoisotopic (exact) mass is 320 g/mol. The van der Waals surface area contributed by atoms with Crippen molar-refractivity contribution < 1.29 is 9.53 Å². The molecule has 0 bridgehead atoms. The van der Waals surface area contributed by atoms with Crippen molar-refractivity contribution in [1.82, 2.24) is 4.90 Å². The minimum atomic E-state index is -0.510. The number of rotatable bonds is 3. The predicted octanol–water partition coefficient (Wildman–Crippen LogP) is 3.84. The zero-order valence-corrected chi connectivity index (χ0v) is 13.0. The number of carbonyl (C=O) groups is 1. The predicted molar refractivity (Wildman–Crippen MR) is 84.1 cm³/mol. The van der Waals surface area contributed by atoms with Gasteiger partial charge < -0.3 is 4.74 Å². The van der Waals surface area contributed by atoms with Gasteiger partial charge in [0.2, 0.25) is 0 Å². The molecule has 1 aliphatic heterocycles. The molecule has 1 aromatic heterocycles. The van der Waals surface area contributed by atoms with Crippen molar-refractivity contribution in [3.8, 4) is 0 Å². The summed E-state index contributed by atoms with van der Waals surface area (Å²) in [6, 6.07) is 9.00. The van der Waals surface area contributed by atoms with Gasteiger partial charge in [0.25, 0.3) is 0 Å². The first-order valence-electron chi connectivity index (χ1n) is 6.70. The molecule has 1 aliphatic rings. The van der Waals surface area contributed by atoms with Crippen LogP contribution in [0.5, 0.6) is 0 Å². The van der Waals surface area contributed by atoms with Gasteiger partial charge >= 0.3 is 5.97 Å². The van der Waals surface area contributed by atoms with Gasteiger partial charge in [0.15, 0.2) is 0 Å². The molecule has 2 aromatic rings. The van der Waals surface area contributed by atoms with Gasteiger partial charge in [0.05, 0.1) is 0 Å². The second-order valence-electron chi connectivity index (χ2n) is 4.98. The van der Waals surface area contributed by atoms with E-state index in [9.17, 15) is 4.79 Å². The maximum atomic E-state index is 12.2. The Morgan fingerprint density at radius 1 is 1.38 bits per heavy atom. The number of nitrogens with zero attached hydrogens (tertiary/aromatic N) is 1. The van der Waals surface area contributed by atoms with Crippen molar-refractivity contribution >= 4 is 28.9 Å². The molecular weight excluding hydrogens is 306 g/mol. The van der Waals surface area contributed by atoms with Crippen LogP contribution >= 0.6 is 22.9 Å². The molecule has 1 aromatic carbocycles. The molecule has 3 nitrogen and oxygen atoms in total. The van der Waals surface area contributed by atoms with Gasteiger partial charge in [0, 0.05) is 23.0 Å². The Morgan fingerprint density at radius 3 is 2.95 bits per heavy atom. The number of carbonyl (C=O) groups excluding carboxylic acids is 1. The van der Waals surface area contributed by atoms with E-state index in [2.05, 4.69) is 23.5 Å². The first-order chi connectivity index (χ1) is 10.2. The number of ether oxygens (including phenoxy) is 1. The summed E-state index contributed by atoms with van der Waals surface area (Å²) < 4.78 is 4.76. The molecule has 0 spiro atoms. The zero-order chi connectivity index (χ0) is 14.8. The minimum absolute atomic E-state index is 0.373. The van der Waals surface area contributed by atoms with Gasteiger partial charge in [-0.15, -0.1) is 11.3 Å². The van der Waals surface area contributed by atoms with Crippen LogP contribution in [-0.4, -0.2) is 17.4 Å². The first-order valence-corrected chi connectivity index (χ1v) is 7.96. The van der Waals surface area contributed by atoms with E-state index in [4.69, 9.17) is 16.3 Å². The maximum Gasteiger partial charge on any atom is 0.328 e. The summed E-state index contributed by atoms with van der Waals surface area (Å²) in [5.74, 6) is -0.373. The van der Waals surface area contributed by atoms with Crippen LogP contribution in [0.15, 0.2) is 35.7 Å². The molecule has 3 rings (SSSR count). The summed E-state index contributed by atoms with van der Waals surface area (Å²) >= 11 is 8.04. The van der Waals surface area contributed by atoms with Gasteiger partial charge in [-0.05, 0) is 35.1 Å². The Hall–Kier alpha value is -1.36. The Morgan fingerprint density at radius 2 is 2.19 bits per heavy atom. The van der Waals surface area contributed by atoms with Crippen molar-refractivity contribution in [2.45, 2.75) is 19.0 Å². The molecule has 109 valence electrons. The summed E-state index contributed by atoms with van der Waals surface area (Å²) in [4.78, 5) is 15.7. The van der Waals surface area contributed by atoms with E-state index in [1.807, 2.05) is 18.2 Å². The lowest BCUT2D eigenvalue weighted by molar-refractivity contribution is -0.145. The quantitative estimate of drug-likeness (QED) is 0.805. The number of hydrogen-bond donors (Lipinski definition) is 0. The van der Waals surface area contributed by atoms with Crippen LogP contribution in [-0.2, 0) is 22.5 Å². The second-order valence-corrected chi connectivity index (χ2v) is 6.38. The molecule has 0 saturated carbocycles. The minimum Gasteiger partial charge on any atom is -0.461 e. The lowest BCUT2D eigenvalue weighted by Crippen LogP contribution is -2.38. The van der Waals surface area contributed by atoms with Gasteiger partial charge in [-0.1, -0.05) is 29.8 Å². The highest BCUT2D eigenvalue weighted by Gasteiger charge is 2.32. The number of esters is 1. The third kappa shape index (κ3) is 2.84. The molecule has 0 amide bonds. The van der Waals surface area contributed by atoms with E-state index in [0.717, 1.165) is 25.1 Å². The van der Waals surface area contributed by atoms with Crippen molar-refractivity contribution in [1.29, 1.82) is 0 Å². The number of benzene rings is 1. The van der Waals surface area contributed by atoms with Crippen LogP contribution in [0.1, 0.15) is 22.0 Å². The fourth-order valence-corrected chi connectivity index (χ4v) is 3.87. The van der Waals surface area contributed by atoms with E-state index in [1.165, 1.54) is 10.4 Å². The fraction of sp³-hybridized carbons (Fsp3) is 0.250. The lowest BCUT2D eigenvalue weighted by Gasteiger charge is -2.33. The maximum absolute atomic E-state index is 12.2. The normalized spacial score (nSPS) is 16.3. The topological polar surface area (TPSA) is 29.5 Å². The van der Waals surface area contributed by atoms with E-state index in [-0.39, 0.29) is 5.97 Å². The summed E-state index contributed by atoms with van der Waals surface area (Å²) in [5, 5.41) is 2.67. The average molecular weight is 321 g/mol. The van der Waals surface area contributed by atoms with Gasteiger partial charge in [-0.2, -0.15) is 0 Å². The van der Waals surface area contributed by atoms with Crippen LogP contribution in [0.4, 0.5) is 0 Å². The van der Waals surface area contributed by atoms with E-state index < -0.39 is 6.04 Å². The van der Waals surface area contributed by atoms with E-state index >= 15 is 0 Å². The summed E-state index contributed by atoms with van der Waals surface area (Å²) in [6.07, 6.45) is 0.943. The van der Waals surface area contributed by atoms with Crippen LogP contribution in [0.3, 0.4) is 0 Å². The van der Waals surface area contributed by atoms with E-state index in [0.29, 0.717) is 5.02 Å². The number of halogens is 1. The Balaban J connectivity index is 1.94. The molecule has 0 saturated heterocycles. The van der Waals surface area contributed by atoms with Gasteiger partial charge in [-0.25, -0.2) is 4.79 Å².